The maximum atomic E-state index is 3.91. The van der Waals surface area contributed by atoms with Crippen LogP contribution in [0.4, 0.5) is 0 Å². The zero-order chi connectivity index (χ0) is 15.0. The molecule has 0 amide bonds. The summed E-state index contributed by atoms with van der Waals surface area (Å²) in [7, 11) is 0. The van der Waals surface area contributed by atoms with Crippen LogP contribution in [-0.4, -0.2) is 36.1 Å². The largest absolute Gasteiger partial charge is 0.308 e. The lowest BCUT2D eigenvalue weighted by Crippen LogP contribution is -2.63. The second-order valence-corrected chi connectivity index (χ2v) is 7.52. The number of hydrogen-bond donors (Lipinski definition) is 1. The molecule has 0 aromatic carbocycles. The predicted octanol–water partition coefficient (Wildman–Crippen LogP) is 4.73. The highest BCUT2D eigenvalue weighted by atomic mass is 15.3. The molecule has 2 aliphatic rings. The summed E-state index contributed by atoms with van der Waals surface area (Å²) in [6.07, 6.45) is 17.0. The van der Waals surface area contributed by atoms with Gasteiger partial charge in [0.1, 0.15) is 0 Å². The summed E-state index contributed by atoms with van der Waals surface area (Å²) in [4.78, 5) is 2.83. The van der Waals surface area contributed by atoms with Crippen molar-refractivity contribution < 1.29 is 0 Å². The molecule has 1 heterocycles. The van der Waals surface area contributed by atoms with Gasteiger partial charge in [0.15, 0.2) is 0 Å². The first-order valence-corrected chi connectivity index (χ1v) is 9.79. The van der Waals surface area contributed by atoms with Crippen molar-refractivity contribution in [1.29, 1.82) is 0 Å². The van der Waals surface area contributed by atoms with Crippen molar-refractivity contribution >= 4 is 0 Å². The summed E-state index contributed by atoms with van der Waals surface area (Å²) >= 11 is 0. The van der Waals surface area contributed by atoms with Crippen LogP contribution in [0.25, 0.3) is 0 Å². The van der Waals surface area contributed by atoms with Gasteiger partial charge in [0.25, 0.3) is 0 Å². The van der Waals surface area contributed by atoms with E-state index in [1.807, 2.05) is 0 Å². The van der Waals surface area contributed by atoms with E-state index in [2.05, 4.69) is 24.1 Å². The minimum atomic E-state index is 0.493. The average molecular weight is 295 g/mol. The molecule has 0 bridgehead atoms. The standard InChI is InChI=1S/C19H38N2/c1-3-5-6-7-8-9-12-15-21-17-19(13-10-11-14-19)20-16-18(21)4-2/h18,20H,3-17H2,1-2H3. The molecule has 2 rings (SSSR count). The number of piperazine rings is 1. The van der Waals surface area contributed by atoms with E-state index in [-0.39, 0.29) is 0 Å². The summed E-state index contributed by atoms with van der Waals surface area (Å²) in [5, 5.41) is 3.91. The van der Waals surface area contributed by atoms with Crippen LogP contribution in [0.5, 0.6) is 0 Å². The Morgan fingerprint density at radius 3 is 2.29 bits per heavy atom. The highest BCUT2D eigenvalue weighted by Crippen LogP contribution is 2.33. The van der Waals surface area contributed by atoms with Gasteiger partial charge in [0.05, 0.1) is 0 Å². The van der Waals surface area contributed by atoms with Gasteiger partial charge in [-0.15, -0.1) is 0 Å². The number of hydrogen-bond acceptors (Lipinski definition) is 2. The lowest BCUT2D eigenvalue weighted by atomic mass is 9.91. The second kappa shape index (κ2) is 9.15. The van der Waals surface area contributed by atoms with Crippen molar-refractivity contribution in [2.75, 3.05) is 19.6 Å². The maximum Gasteiger partial charge on any atom is 0.0309 e. The number of nitrogens with one attached hydrogen (secondary N) is 1. The van der Waals surface area contributed by atoms with Crippen molar-refractivity contribution in [3.8, 4) is 0 Å². The molecular formula is C19H38N2. The van der Waals surface area contributed by atoms with Crippen LogP contribution in [-0.2, 0) is 0 Å². The van der Waals surface area contributed by atoms with Crippen LogP contribution in [0.2, 0.25) is 0 Å². The van der Waals surface area contributed by atoms with E-state index in [0.717, 1.165) is 6.04 Å². The summed E-state index contributed by atoms with van der Waals surface area (Å²) in [5.41, 5.74) is 0.493. The summed E-state index contributed by atoms with van der Waals surface area (Å²) in [5.74, 6) is 0. The fraction of sp³-hybridized carbons (Fsp3) is 1.00. The van der Waals surface area contributed by atoms with Crippen molar-refractivity contribution in [3.05, 3.63) is 0 Å². The first-order chi connectivity index (χ1) is 10.3. The van der Waals surface area contributed by atoms with E-state index in [4.69, 9.17) is 0 Å². The third-order valence-corrected chi connectivity index (χ3v) is 5.82. The molecule has 1 N–H and O–H groups in total. The fourth-order valence-corrected chi connectivity index (χ4v) is 4.36. The Kier molecular flexibility index (Phi) is 7.53. The summed E-state index contributed by atoms with van der Waals surface area (Å²) < 4.78 is 0. The first-order valence-electron chi connectivity index (χ1n) is 9.79. The van der Waals surface area contributed by atoms with Crippen LogP contribution < -0.4 is 5.32 Å². The maximum absolute atomic E-state index is 3.91. The molecule has 124 valence electrons. The van der Waals surface area contributed by atoms with Crippen molar-refractivity contribution in [2.45, 2.75) is 102 Å². The van der Waals surface area contributed by atoms with Crippen LogP contribution in [0.1, 0.15) is 90.9 Å². The van der Waals surface area contributed by atoms with Gasteiger partial charge in [-0.25, -0.2) is 0 Å². The average Bonchev–Trinajstić information content (AvgIpc) is 2.95. The molecule has 2 heteroatoms. The SMILES string of the molecule is CCCCCCCCCN1CC2(CCCC2)NCC1CC. The molecule has 2 fully saturated rings. The predicted molar refractivity (Wildman–Crippen MR) is 92.8 cm³/mol. The Labute approximate surface area is 133 Å². The molecule has 0 radical (unpaired) electrons. The normalized spacial score (nSPS) is 25.7. The molecule has 1 saturated heterocycles. The fourth-order valence-electron chi connectivity index (χ4n) is 4.36. The van der Waals surface area contributed by atoms with E-state index in [9.17, 15) is 0 Å². The van der Waals surface area contributed by atoms with E-state index >= 15 is 0 Å². The third kappa shape index (κ3) is 5.25. The number of nitrogens with zero attached hydrogens (tertiary/aromatic N) is 1. The van der Waals surface area contributed by atoms with Gasteiger partial charge in [-0.2, -0.15) is 0 Å². The monoisotopic (exact) mass is 294 g/mol. The van der Waals surface area contributed by atoms with Gasteiger partial charge in [0, 0.05) is 24.7 Å². The van der Waals surface area contributed by atoms with Gasteiger partial charge in [-0.05, 0) is 32.2 Å². The van der Waals surface area contributed by atoms with Crippen LogP contribution in [0.15, 0.2) is 0 Å². The number of unbranched alkanes of at least 4 members (excludes halogenated alkanes) is 6. The molecule has 0 aromatic heterocycles. The second-order valence-electron chi connectivity index (χ2n) is 7.52. The van der Waals surface area contributed by atoms with Crippen LogP contribution in [0, 0.1) is 0 Å². The molecule has 1 spiro atoms. The minimum Gasteiger partial charge on any atom is -0.308 e. The highest BCUT2D eigenvalue weighted by molar-refractivity contribution is 5.00. The smallest absolute Gasteiger partial charge is 0.0309 e. The quantitative estimate of drug-likeness (QED) is 0.618. The Morgan fingerprint density at radius 2 is 1.62 bits per heavy atom. The zero-order valence-corrected chi connectivity index (χ0v) is 14.6. The molecule has 1 aliphatic carbocycles. The van der Waals surface area contributed by atoms with Gasteiger partial charge in [0.2, 0.25) is 0 Å². The molecule has 1 unspecified atom stereocenters. The lowest BCUT2D eigenvalue weighted by molar-refractivity contribution is 0.0766. The molecule has 0 aromatic rings. The molecule has 1 atom stereocenters. The number of rotatable bonds is 9. The topological polar surface area (TPSA) is 15.3 Å². The van der Waals surface area contributed by atoms with Crippen molar-refractivity contribution in [1.82, 2.24) is 10.2 Å². The first kappa shape index (κ1) is 17.3. The Morgan fingerprint density at radius 1 is 0.952 bits per heavy atom. The van der Waals surface area contributed by atoms with Crippen molar-refractivity contribution in [3.63, 3.8) is 0 Å². The third-order valence-electron chi connectivity index (χ3n) is 5.82. The van der Waals surface area contributed by atoms with Crippen LogP contribution in [0.3, 0.4) is 0 Å². The van der Waals surface area contributed by atoms with Gasteiger partial charge in [-0.3, -0.25) is 4.90 Å². The minimum absolute atomic E-state index is 0.493. The summed E-state index contributed by atoms with van der Waals surface area (Å²) in [6.45, 7) is 8.55. The molecule has 2 nitrogen and oxygen atoms in total. The molecule has 21 heavy (non-hydrogen) atoms. The molecule has 1 saturated carbocycles. The van der Waals surface area contributed by atoms with E-state index in [0.29, 0.717) is 5.54 Å². The zero-order valence-electron chi connectivity index (χ0n) is 14.6. The van der Waals surface area contributed by atoms with Gasteiger partial charge >= 0.3 is 0 Å². The Bertz CT molecular complexity index is 271. The van der Waals surface area contributed by atoms with E-state index < -0.39 is 0 Å². The van der Waals surface area contributed by atoms with Gasteiger partial charge < -0.3 is 5.32 Å². The lowest BCUT2D eigenvalue weighted by Gasteiger charge is -2.46. The molecular weight excluding hydrogens is 256 g/mol. The Hall–Kier alpha value is -0.0800. The van der Waals surface area contributed by atoms with Gasteiger partial charge in [-0.1, -0.05) is 65.2 Å². The summed E-state index contributed by atoms with van der Waals surface area (Å²) in [6, 6.07) is 0.788. The highest BCUT2D eigenvalue weighted by Gasteiger charge is 2.40. The van der Waals surface area contributed by atoms with E-state index in [1.165, 1.54) is 96.7 Å². The van der Waals surface area contributed by atoms with E-state index in [1.54, 1.807) is 0 Å². The molecule has 1 aliphatic heterocycles. The van der Waals surface area contributed by atoms with Crippen LogP contribution >= 0.6 is 0 Å². The van der Waals surface area contributed by atoms with Crippen molar-refractivity contribution in [2.24, 2.45) is 0 Å². The Balaban J connectivity index is 1.66.